The van der Waals surface area contributed by atoms with Gasteiger partial charge in [-0.05, 0) is 90.3 Å². The Hall–Kier alpha value is -3.92. The summed E-state index contributed by atoms with van der Waals surface area (Å²) in [6.07, 6.45) is 2.16. The topological polar surface area (TPSA) is 70.5 Å². The zero-order valence-corrected chi connectivity index (χ0v) is 18.2. The Bertz CT molecular complexity index is 1030. The fourth-order valence-corrected chi connectivity index (χ4v) is 3.69. The SMILES string of the molecule is CCCC(c1ccc(Oc2ccc(N)cc2)cc1)c1ccc(Oc2ccc(N)cc2)cc1. The maximum atomic E-state index is 5.93. The number of hydrogen-bond donors (Lipinski definition) is 2. The molecular weight excluding hydrogens is 396 g/mol. The van der Waals surface area contributed by atoms with Crippen LogP contribution in [0.3, 0.4) is 0 Å². The maximum absolute atomic E-state index is 5.93. The van der Waals surface area contributed by atoms with Gasteiger partial charge in [-0.2, -0.15) is 0 Å². The molecule has 4 rings (SSSR count). The van der Waals surface area contributed by atoms with Crippen LogP contribution in [0.5, 0.6) is 23.0 Å². The van der Waals surface area contributed by atoms with Crippen LogP contribution < -0.4 is 20.9 Å². The molecule has 0 amide bonds. The molecule has 4 N–H and O–H groups in total. The molecule has 32 heavy (non-hydrogen) atoms. The van der Waals surface area contributed by atoms with E-state index in [4.69, 9.17) is 20.9 Å². The number of nitrogens with two attached hydrogens (primary N) is 2. The highest BCUT2D eigenvalue weighted by Gasteiger charge is 2.14. The van der Waals surface area contributed by atoms with Crippen LogP contribution in [0.15, 0.2) is 97.1 Å². The first-order chi connectivity index (χ1) is 15.6. The Labute approximate surface area is 189 Å². The van der Waals surface area contributed by atoms with Crippen LogP contribution in [0.2, 0.25) is 0 Å². The van der Waals surface area contributed by atoms with Gasteiger partial charge in [-0.25, -0.2) is 0 Å². The molecule has 0 unspecified atom stereocenters. The van der Waals surface area contributed by atoms with Crippen LogP contribution in [-0.4, -0.2) is 0 Å². The predicted octanol–water partition coefficient (Wildman–Crippen LogP) is 7.37. The third kappa shape index (κ3) is 5.41. The van der Waals surface area contributed by atoms with Crippen molar-refractivity contribution in [3.63, 3.8) is 0 Å². The lowest BCUT2D eigenvalue weighted by molar-refractivity contribution is 0.482. The molecule has 0 spiro atoms. The molecule has 4 nitrogen and oxygen atoms in total. The molecule has 0 aromatic heterocycles. The van der Waals surface area contributed by atoms with Gasteiger partial charge in [0.1, 0.15) is 23.0 Å². The summed E-state index contributed by atoms with van der Waals surface area (Å²) >= 11 is 0. The van der Waals surface area contributed by atoms with Crippen molar-refractivity contribution in [2.45, 2.75) is 25.7 Å². The zero-order chi connectivity index (χ0) is 22.3. The van der Waals surface area contributed by atoms with Crippen LogP contribution in [-0.2, 0) is 0 Å². The van der Waals surface area contributed by atoms with Crippen molar-refractivity contribution < 1.29 is 9.47 Å². The van der Waals surface area contributed by atoms with E-state index in [9.17, 15) is 0 Å². The third-order valence-electron chi connectivity index (χ3n) is 5.37. The van der Waals surface area contributed by atoms with Crippen molar-refractivity contribution in [2.24, 2.45) is 0 Å². The predicted molar refractivity (Wildman–Crippen MR) is 131 cm³/mol. The minimum absolute atomic E-state index is 0.316. The minimum atomic E-state index is 0.316. The Morgan fingerprint density at radius 3 is 1.16 bits per heavy atom. The van der Waals surface area contributed by atoms with Crippen molar-refractivity contribution in [2.75, 3.05) is 11.5 Å². The van der Waals surface area contributed by atoms with E-state index in [1.807, 2.05) is 72.8 Å². The summed E-state index contributed by atoms with van der Waals surface area (Å²) in [7, 11) is 0. The average molecular weight is 425 g/mol. The van der Waals surface area contributed by atoms with Gasteiger partial charge >= 0.3 is 0 Å². The van der Waals surface area contributed by atoms with E-state index < -0.39 is 0 Å². The number of nitrogen functional groups attached to an aromatic ring is 2. The second-order valence-electron chi connectivity index (χ2n) is 7.82. The second kappa shape index (κ2) is 9.92. The molecule has 4 aromatic rings. The molecule has 0 aliphatic carbocycles. The largest absolute Gasteiger partial charge is 0.457 e. The van der Waals surface area contributed by atoms with Gasteiger partial charge in [0.05, 0.1) is 0 Å². The maximum Gasteiger partial charge on any atom is 0.127 e. The Balaban J connectivity index is 1.47. The molecule has 162 valence electrons. The fraction of sp³-hybridized carbons (Fsp3) is 0.143. The van der Waals surface area contributed by atoms with E-state index in [1.54, 1.807) is 0 Å². The molecule has 0 aliphatic heterocycles. The van der Waals surface area contributed by atoms with Crippen LogP contribution in [0, 0.1) is 0 Å². The Kier molecular flexibility index (Phi) is 6.61. The van der Waals surface area contributed by atoms with Crippen molar-refractivity contribution >= 4 is 11.4 Å². The number of benzene rings is 4. The number of ether oxygens (including phenoxy) is 2. The quantitative estimate of drug-likeness (QED) is 0.290. The lowest BCUT2D eigenvalue weighted by Crippen LogP contribution is -2.01. The molecule has 0 aliphatic rings. The zero-order valence-electron chi connectivity index (χ0n) is 18.2. The van der Waals surface area contributed by atoms with Crippen LogP contribution in [0.4, 0.5) is 11.4 Å². The first-order valence-electron chi connectivity index (χ1n) is 10.9. The van der Waals surface area contributed by atoms with Crippen molar-refractivity contribution in [1.29, 1.82) is 0 Å². The van der Waals surface area contributed by atoms with Gasteiger partial charge in [0.25, 0.3) is 0 Å². The normalized spacial score (nSPS) is 10.8. The Morgan fingerprint density at radius 1 is 0.531 bits per heavy atom. The van der Waals surface area contributed by atoms with Crippen molar-refractivity contribution in [3.05, 3.63) is 108 Å². The molecule has 4 aromatic carbocycles. The summed E-state index contributed by atoms with van der Waals surface area (Å²) in [6.45, 7) is 2.21. The average Bonchev–Trinajstić information content (AvgIpc) is 2.82. The highest BCUT2D eigenvalue weighted by atomic mass is 16.5. The van der Waals surface area contributed by atoms with Crippen molar-refractivity contribution in [3.8, 4) is 23.0 Å². The monoisotopic (exact) mass is 424 g/mol. The lowest BCUT2D eigenvalue weighted by atomic mass is 9.87. The van der Waals surface area contributed by atoms with Crippen LogP contribution >= 0.6 is 0 Å². The Morgan fingerprint density at radius 2 is 0.844 bits per heavy atom. The van der Waals surface area contributed by atoms with E-state index >= 15 is 0 Å². The molecule has 0 saturated heterocycles. The molecular formula is C28H28N2O2. The van der Waals surface area contributed by atoms with Gasteiger partial charge in [0.2, 0.25) is 0 Å². The van der Waals surface area contributed by atoms with Crippen LogP contribution in [0.1, 0.15) is 36.8 Å². The van der Waals surface area contributed by atoms with E-state index in [1.165, 1.54) is 11.1 Å². The molecule has 0 atom stereocenters. The van der Waals surface area contributed by atoms with Gasteiger partial charge in [-0.15, -0.1) is 0 Å². The number of anilines is 2. The van der Waals surface area contributed by atoms with Gasteiger partial charge in [0, 0.05) is 17.3 Å². The fourth-order valence-electron chi connectivity index (χ4n) is 3.69. The van der Waals surface area contributed by atoms with Gasteiger partial charge in [-0.3, -0.25) is 0 Å². The van der Waals surface area contributed by atoms with Crippen molar-refractivity contribution in [1.82, 2.24) is 0 Å². The minimum Gasteiger partial charge on any atom is -0.457 e. The summed E-state index contributed by atoms with van der Waals surface area (Å²) in [5, 5.41) is 0. The summed E-state index contributed by atoms with van der Waals surface area (Å²) in [5.74, 6) is 3.47. The van der Waals surface area contributed by atoms with E-state index in [-0.39, 0.29) is 0 Å². The first kappa shape index (κ1) is 21.3. The van der Waals surface area contributed by atoms with Gasteiger partial charge in [0.15, 0.2) is 0 Å². The smallest absolute Gasteiger partial charge is 0.127 e. The second-order valence-corrected chi connectivity index (χ2v) is 7.82. The van der Waals surface area contributed by atoms with Gasteiger partial charge in [-0.1, -0.05) is 37.6 Å². The highest BCUT2D eigenvalue weighted by Crippen LogP contribution is 2.33. The van der Waals surface area contributed by atoms with Crippen LogP contribution in [0.25, 0.3) is 0 Å². The molecule has 0 heterocycles. The summed E-state index contributed by atoms with van der Waals surface area (Å²) < 4.78 is 11.9. The molecule has 0 bridgehead atoms. The molecule has 0 radical (unpaired) electrons. The van der Waals surface area contributed by atoms with E-state index in [2.05, 4.69) is 31.2 Å². The standard InChI is InChI=1S/C28H28N2O2/c1-2-3-28(20-4-12-24(13-5-20)31-26-16-8-22(29)9-17-26)21-6-14-25(15-7-21)32-27-18-10-23(30)11-19-27/h4-19,28H,2-3,29-30H2,1H3. The lowest BCUT2D eigenvalue weighted by Gasteiger charge is -2.18. The number of hydrogen-bond acceptors (Lipinski definition) is 4. The van der Waals surface area contributed by atoms with E-state index in [0.717, 1.165) is 47.2 Å². The third-order valence-corrected chi connectivity index (χ3v) is 5.37. The summed E-state index contributed by atoms with van der Waals surface area (Å²) in [5.41, 5.74) is 15.5. The number of rotatable bonds is 8. The first-order valence-corrected chi connectivity index (χ1v) is 10.9. The van der Waals surface area contributed by atoms with Gasteiger partial charge < -0.3 is 20.9 Å². The summed E-state index contributed by atoms with van der Waals surface area (Å²) in [6, 6.07) is 31.5. The molecule has 0 saturated carbocycles. The molecule has 0 fully saturated rings. The summed E-state index contributed by atoms with van der Waals surface area (Å²) in [4.78, 5) is 0. The molecule has 4 heteroatoms. The highest BCUT2D eigenvalue weighted by molar-refractivity contribution is 5.45. The van der Waals surface area contributed by atoms with E-state index in [0.29, 0.717) is 5.92 Å².